The summed E-state index contributed by atoms with van der Waals surface area (Å²) in [6.45, 7) is 4.30. The Morgan fingerprint density at radius 2 is 1.80 bits per heavy atom. The van der Waals surface area contributed by atoms with Crippen LogP contribution in [0.5, 0.6) is 0 Å². The topological polar surface area (TPSA) is 43.1 Å². The second kappa shape index (κ2) is 6.55. The van der Waals surface area contributed by atoms with Crippen molar-refractivity contribution < 1.29 is 4.21 Å². The molecule has 4 heteroatoms. The van der Waals surface area contributed by atoms with Gasteiger partial charge in [-0.05, 0) is 47.4 Å². The molecule has 0 aliphatic heterocycles. The predicted octanol–water partition coefficient (Wildman–Crippen LogP) is 4.46. The van der Waals surface area contributed by atoms with E-state index in [1.165, 1.54) is 5.56 Å². The first-order valence-corrected chi connectivity index (χ1v) is 8.60. The Morgan fingerprint density at radius 1 is 1.15 bits per heavy atom. The van der Waals surface area contributed by atoms with Crippen molar-refractivity contribution in [1.82, 2.24) is 0 Å². The van der Waals surface area contributed by atoms with Crippen LogP contribution in [0.25, 0.3) is 0 Å². The third-order valence-electron chi connectivity index (χ3n) is 3.09. The molecule has 1 unspecified atom stereocenters. The van der Waals surface area contributed by atoms with Crippen LogP contribution in [0.4, 0.5) is 5.69 Å². The van der Waals surface area contributed by atoms with E-state index < -0.39 is 10.8 Å². The zero-order valence-corrected chi connectivity index (χ0v) is 14.0. The van der Waals surface area contributed by atoms with Crippen LogP contribution in [0.15, 0.2) is 51.8 Å². The Hall–Kier alpha value is -1.13. The second-order valence-electron chi connectivity index (χ2n) is 5.11. The Morgan fingerprint density at radius 3 is 2.35 bits per heavy atom. The van der Waals surface area contributed by atoms with Crippen molar-refractivity contribution in [3.05, 3.63) is 58.1 Å². The molecule has 0 aromatic heterocycles. The van der Waals surface area contributed by atoms with Crippen LogP contribution in [0, 0.1) is 0 Å². The number of halogens is 1. The van der Waals surface area contributed by atoms with Gasteiger partial charge in [0, 0.05) is 15.1 Å². The first-order valence-electron chi connectivity index (χ1n) is 6.49. The lowest BCUT2D eigenvalue weighted by Crippen LogP contribution is -1.98. The molecule has 2 aromatic rings. The highest BCUT2D eigenvalue weighted by Crippen LogP contribution is 2.21. The molecule has 0 radical (unpaired) electrons. The lowest BCUT2D eigenvalue weighted by Gasteiger charge is -2.08. The van der Waals surface area contributed by atoms with Gasteiger partial charge in [0.2, 0.25) is 0 Å². The van der Waals surface area contributed by atoms with Crippen LogP contribution < -0.4 is 5.73 Å². The van der Waals surface area contributed by atoms with E-state index in [0.29, 0.717) is 17.4 Å². The Kier molecular flexibility index (Phi) is 5.00. The van der Waals surface area contributed by atoms with Gasteiger partial charge in [-0.25, -0.2) is 0 Å². The van der Waals surface area contributed by atoms with Gasteiger partial charge in [-0.15, -0.1) is 0 Å². The molecule has 0 saturated heterocycles. The van der Waals surface area contributed by atoms with Gasteiger partial charge in [-0.2, -0.15) is 0 Å². The molecule has 2 nitrogen and oxygen atoms in total. The van der Waals surface area contributed by atoms with Crippen molar-refractivity contribution in [2.45, 2.75) is 30.4 Å². The molecular weight excluding hydrogens is 334 g/mol. The minimum atomic E-state index is -1.05. The average Bonchev–Trinajstić information content (AvgIpc) is 2.37. The zero-order chi connectivity index (χ0) is 14.7. The third-order valence-corrected chi connectivity index (χ3v) is 4.94. The van der Waals surface area contributed by atoms with Crippen LogP contribution in [0.3, 0.4) is 0 Å². The highest BCUT2D eigenvalue weighted by Gasteiger charge is 2.07. The van der Waals surface area contributed by atoms with E-state index in [2.05, 4.69) is 29.8 Å². The predicted molar refractivity (Wildman–Crippen MR) is 89.2 cm³/mol. The Bertz CT molecular complexity index is 603. The number of nitrogen functional groups attached to an aromatic ring is 1. The van der Waals surface area contributed by atoms with E-state index in [-0.39, 0.29) is 0 Å². The van der Waals surface area contributed by atoms with Crippen LogP contribution in [0.1, 0.15) is 30.9 Å². The van der Waals surface area contributed by atoms with E-state index >= 15 is 0 Å². The molecule has 0 bridgehead atoms. The van der Waals surface area contributed by atoms with E-state index in [4.69, 9.17) is 5.73 Å². The molecule has 0 saturated carbocycles. The summed E-state index contributed by atoms with van der Waals surface area (Å²) in [5.74, 6) is 0.965. The SMILES string of the molecule is CC(C)c1ccc(S(=O)Cc2cc(N)cc(Br)c2)cc1. The van der Waals surface area contributed by atoms with Gasteiger partial charge in [0.15, 0.2) is 0 Å². The zero-order valence-electron chi connectivity index (χ0n) is 11.6. The molecule has 20 heavy (non-hydrogen) atoms. The van der Waals surface area contributed by atoms with Crippen molar-refractivity contribution in [1.29, 1.82) is 0 Å². The van der Waals surface area contributed by atoms with Gasteiger partial charge in [0.1, 0.15) is 0 Å². The van der Waals surface area contributed by atoms with Crippen molar-refractivity contribution in [3.8, 4) is 0 Å². The molecule has 106 valence electrons. The quantitative estimate of drug-likeness (QED) is 0.826. The monoisotopic (exact) mass is 351 g/mol. The number of hydrogen-bond acceptors (Lipinski definition) is 2. The molecular formula is C16H18BrNOS. The first-order chi connectivity index (χ1) is 9.45. The summed E-state index contributed by atoms with van der Waals surface area (Å²) in [5, 5.41) is 0. The van der Waals surface area contributed by atoms with E-state index in [0.717, 1.165) is 14.9 Å². The van der Waals surface area contributed by atoms with Crippen LogP contribution in [-0.4, -0.2) is 4.21 Å². The summed E-state index contributed by atoms with van der Waals surface area (Å²) in [5.41, 5.74) is 8.72. The number of anilines is 1. The largest absolute Gasteiger partial charge is 0.399 e. The molecule has 2 N–H and O–H groups in total. The van der Waals surface area contributed by atoms with Crippen LogP contribution in [-0.2, 0) is 16.6 Å². The maximum Gasteiger partial charge on any atom is 0.0574 e. The van der Waals surface area contributed by atoms with Gasteiger partial charge in [-0.3, -0.25) is 4.21 Å². The second-order valence-corrected chi connectivity index (χ2v) is 7.47. The average molecular weight is 352 g/mol. The van der Waals surface area contributed by atoms with Gasteiger partial charge < -0.3 is 5.73 Å². The van der Waals surface area contributed by atoms with Gasteiger partial charge in [-0.1, -0.05) is 41.9 Å². The molecule has 0 spiro atoms. The molecule has 2 rings (SSSR count). The highest BCUT2D eigenvalue weighted by molar-refractivity contribution is 9.10. The van der Waals surface area contributed by atoms with Crippen molar-refractivity contribution in [2.75, 3.05) is 5.73 Å². The number of nitrogens with two attached hydrogens (primary N) is 1. The molecule has 2 aromatic carbocycles. The fourth-order valence-electron chi connectivity index (χ4n) is 2.00. The van der Waals surface area contributed by atoms with E-state index in [1.54, 1.807) is 0 Å². The van der Waals surface area contributed by atoms with Gasteiger partial charge in [0.05, 0.1) is 16.6 Å². The Labute approximate surface area is 131 Å². The molecule has 0 fully saturated rings. The Balaban J connectivity index is 2.15. The summed E-state index contributed by atoms with van der Waals surface area (Å²) in [6.07, 6.45) is 0. The molecule has 0 aliphatic carbocycles. The van der Waals surface area contributed by atoms with Crippen LogP contribution >= 0.6 is 15.9 Å². The number of hydrogen-bond donors (Lipinski definition) is 1. The number of rotatable bonds is 4. The fourth-order valence-corrected chi connectivity index (χ4v) is 3.63. The van der Waals surface area contributed by atoms with E-state index in [1.807, 2.05) is 42.5 Å². The normalized spacial score (nSPS) is 12.6. The lowest BCUT2D eigenvalue weighted by molar-refractivity contribution is 0.682. The van der Waals surface area contributed by atoms with Gasteiger partial charge in [0.25, 0.3) is 0 Å². The van der Waals surface area contributed by atoms with Crippen molar-refractivity contribution >= 4 is 32.4 Å². The maximum atomic E-state index is 12.4. The summed E-state index contributed by atoms with van der Waals surface area (Å²) in [6, 6.07) is 13.7. The lowest BCUT2D eigenvalue weighted by atomic mass is 10.0. The van der Waals surface area contributed by atoms with Crippen LogP contribution in [0.2, 0.25) is 0 Å². The molecule has 0 amide bonds. The summed E-state index contributed by atoms with van der Waals surface area (Å²) >= 11 is 3.41. The van der Waals surface area contributed by atoms with Gasteiger partial charge >= 0.3 is 0 Å². The summed E-state index contributed by atoms with van der Waals surface area (Å²) < 4.78 is 13.3. The van der Waals surface area contributed by atoms with Crippen molar-refractivity contribution in [2.24, 2.45) is 0 Å². The highest BCUT2D eigenvalue weighted by atomic mass is 79.9. The standard InChI is InChI=1S/C16H18BrNOS/c1-11(2)13-3-5-16(6-4-13)20(19)10-12-7-14(17)9-15(18)8-12/h3-9,11H,10,18H2,1-2H3. The molecule has 0 aliphatic rings. The first kappa shape index (κ1) is 15.3. The summed E-state index contributed by atoms with van der Waals surface area (Å²) in [4.78, 5) is 0.855. The maximum absolute atomic E-state index is 12.4. The third kappa shape index (κ3) is 3.93. The fraction of sp³-hybridized carbons (Fsp3) is 0.250. The summed E-state index contributed by atoms with van der Waals surface area (Å²) in [7, 11) is -1.05. The minimum Gasteiger partial charge on any atom is -0.399 e. The molecule has 0 heterocycles. The van der Waals surface area contributed by atoms with Crippen molar-refractivity contribution in [3.63, 3.8) is 0 Å². The molecule has 1 atom stereocenters. The minimum absolute atomic E-state index is 0.477. The number of benzene rings is 2. The van der Waals surface area contributed by atoms with E-state index in [9.17, 15) is 4.21 Å². The smallest absolute Gasteiger partial charge is 0.0574 e.